The molecule has 0 saturated carbocycles. The third-order valence-electron chi connectivity index (χ3n) is 3.72. The lowest BCUT2D eigenvalue weighted by Gasteiger charge is -2.11. The first-order valence-corrected chi connectivity index (χ1v) is 8.31. The van der Waals surface area contributed by atoms with Crippen molar-refractivity contribution < 1.29 is 8.42 Å². The highest BCUT2D eigenvalue weighted by Gasteiger charge is 2.18. The van der Waals surface area contributed by atoms with E-state index in [4.69, 9.17) is 0 Å². The Hall–Kier alpha value is -1.55. The Labute approximate surface area is 121 Å². The van der Waals surface area contributed by atoms with Crippen LogP contribution in [0.25, 0.3) is 0 Å². The maximum absolute atomic E-state index is 12.6. The number of nitrogens with zero attached hydrogens (tertiary/aromatic N) is 1. The van der Waals surface area contributed by atoms with Crippen LogP contribution in [0.1, 0.15) is 43.0 Å². The summed E-state index contributed by atoms with van der Waals surface area (Å²) in [4.78, 5) is 0.336. The van der Waals surface area contributed by atoms with Crippen LogP contribution in [-0.4, -0.2) is 12.4 Å². The fraction of sp³-hybridized carbons (Fsp3) is 0.375. The normalized spacial score (nSPS) is 13.4. The van der Waals surface area contributed by atoms with Crippen molar-refractivity contribution in [3.05, 3.63) is 53.3 Å². The molecule has 1 heterocycles. The Balaban J connectivity index is 2.43. The van der Waals surface area contributed by atoms with Crippen molar-refractivity contribution in [3.63, 3.8) is 0 Å². The first-order chi connectivity index (χ1) is 9.36. The van der Waals surface area contributed by atoms with Crippen LogP contribution in [0.3, 0.4) is 0 Å². The lowest BCUT2D eigenvalue weighted by Crippen LogP contribution is -2.13. The van der Waals surface area contributed by atoms with Crippen LogP contribution in [0.5, 0.6) is 0 Å². The summed E-state index contributed by atoms with van der Waals surface area (Å²) in [6, 6.07) is 9.09. The molecule has 0 fully saturated rings. The molecule has 1 atom stereocenters. The van der Waals surface area contributed by atoms with Crippen molar-refractivity contribution in [2.45, 2.75) is 44.9 Å². The molecule has 0 amide bonds. The second kappa shape index (κ2) is 5.44. The maximum atomic E-state index is 12.6. The topological polar surface area (TPSA) is 39.1 Å². The molecule has 2 aromatic rings. The van der Waals surface area contributed by atoms with Crippen LogP contribution in [0.4, 0.5) is 0 Å². The van der Waals surface area contributed by atoms with Crippen LogP contribution < -0.4 is 0 Å². The first-order valence-electron chi connectivity index (χ1n) is 6.87. The van der Waals surface area contributed by atoms with Gasteiger partial charge in [-0.05, 0) is 55.5 Å². The molecule has 1 aromatic carbocycles. The highest BCUT2D eigenvalue weighted by Crippen LogP contribution is 2.22. The molecule has 4 heteroatoms. The monoisotopic (exact) mass is 291 g/mol. The van der Waals surface area contributed by atoms with Gasteiger partial charge in [0.2, 0.25) is 0 Å². The van der Waals surface area contributed by atoms with Crippen LogP contribution in [0.15, 0.2) is 41.4 Å². The minimum Gasteiger partial charge on any atom is -0.246 e. The van der Waals surface area contributed by atoms with Crippen molar-refractivity contribution in [3.8, 4) is 0 Å². The minimum absolute atomic E-state index is 0.336. The summed E-state index contributed by atoms with van der Waals surface area (Å²) in [7, 11) is -3.48. The van der Waals surface area contributed by atoms with Crippen molar-refractivity contribution in [2.75, 3.05) is 0 Å². The van der Waals surface area contributed by atoms with Crippen molar-refractivity contribution in [2.24, 2.45) is 0 Å². The Kier molecular flexibility index (Phi) is 4.04. The molecule has 0 bridgehead atoms. The minimum atomic E-state index is -3.48. The van der Waals surface area contributed by atoms with Gasteiger partial charge in [0.15, 0.2) is 0 Å². The largest absolute Gasteiger partial charge is 0.267 e. The molecule has 108 valence electrons. The molecule has 0 radical (unpaired) electrons. The Bertz CT molecular complexity index is 697. The van der Waals surface area contributed by atoms with E-state index in [0.717, 1.165) is 17.7 Å². The van der Waals surface area contributed by atoms with E-state index in [0.29, 0.717) is 10.8 Å². The molecule has 0 aliphatic rings. The van der Waals surface area contributed by atoms with E-state index < -0.39 is 10.0 Å². The Morgan fingerprint density at radius 2 is 1.75 bits per heavy atom. The summed E-state index contributed by atoms with van der Waals surface area (Å²) in [5, 5.41) is 0. The molecule has 1 unspecified atom stereocenters. The maximum Gasteiger partial charge on any atom is 0.267 e. The molecule has 1 aromatic heterocycles. The zero-order valence-corrected chi connectivity index (χ0v) is 13.2. The average molecular weight is 291 g/mol. The molecule has 0 aliphatic carbocycles. The highest BCUT2D eigenvalue weighted by atomic mass is 32.2. The van der Waals surface area contributed by atoms with Gasteiger partial charge in [0.05, 0.1) is 4.90 Å². The fourth-order valence-electron chi connectivity index (χ4n) is 2.29. The summed E-state index contributed by atoms with van der Waals surface area (Å²) >= 11 is 0. The number of rotatable bonds is 4. The van der Waals surface area contributed by atoms with Crippen LogP contribution in [0.2, 0.25) is 0 Å². The van der Waals surface area contributed by atoms with Crippen molar-refractivity contribution >= 4 is 10.0 Å². The standard InChI is InChI=1S/C16H21NO2S/c1-5-13(3)15-6-8-16(9-7-15)20(18,19)17-11-12(2)10-14(17)4/h6-11,13H,5H2,1-4H3. The summed E-state index contributed by atoms with van der Waals surface area (Å²) in [6.07, 6.45) is 2.70. The van der Waals surface area contributed by atoms with Gasteiger partial charge < -0.3 is 0 Å². The van der Waals surface area contributed by atoms with E-state index in [-0.39, 0.29) is 0 Å². The highest BCUT2D eigenvalue weighted by molar-refractivity contribution is 7.90. The van der Waals surface area contributed by atoms with E-state index >= 15 is 0 Å². The molecule has 0 saturated heterocycles. The number of aromatic nitrogens is 1. The van der Waals surface area contributed by atoms with Crippen molar-refractivity contribution in [1.82, 2.24) is 3.97 Å². The van der Waals surface area contributed by atoms with E-state index in [2.05, 4.69) is 13.8 Å². The molecule has 3 nitrogen and oxygen atoms in total. The van der Waals surface area contributed by atoms with Gasteiger partial charge >= 0.3 is 0 Å². The summed E-state index contributed by atoms with van der Waals surface area (Å²) in [6.45, 7) is 7.97. The van der Waals surface area contributed by atoms with Crippen LogP contribution in [-0.2, 0) is 10.0 Å². The third kappa shape index (κ3) is 2.66. The summed E-state index contributed by atoms with van der Waals surface area (Å²) < 4.78 is 26.5. The predicted octanol–water partition coefficient (Wildman–Crippen LogP) is 3.86. The zero-order valence-electron chi connectivity index (χ0n) is 12.4. The quantitative estimate of drug-likeness (QED) is 0.858. The summed E-state index contributed by atoms with van der Waals surface area (Å²) in [5.41, 5.74) is 2.85. The van der Waals surface area contributed by atoms with Crippen LogP contribution >= 0.6 is 0 Å². The zero-order chi connectivity index (χ0) is 14.9. The number of hydrogen-bond acceptors (Lipinski definition) is 2. The SMILES string of the molecule is CCC(C)c1ccc(S(=O)(=O)n2cc(C)cc2C)cc1. The van der Waals surface area contributed by atoms with E-state index in [1.54, 1.807) is 25.3 Å². The molecule has 0 spiro atoms. The van der Waals surface area contributed by atoms with Gasteiger partial charge in [0, 0.05) is 11.9 Å². The van der Waals surface area contributed by atoms with Gasteiger partial charge in [-0.25, -0.2) is 12.4 Å². The fourth-order valence-corrected chi connectivity index (χ4v) is 3.74. The van der Waals surface area contributed by atoms with Crippen molar-refractivity contribution in [1.29, 1.82) is 0 Å². The Morgan fingerprint density at radius 1 is 1.15 bits per heavy atom. The lowest BCUT2D eigenvalue weighted by atomic mass is 9.99. The smallest absolute Gasteiger partial charge is 0.246 e. The Morgan fingerprint density at radius 3 is 2.20 bits per heavy atom. The number of benzene rings is 1. The molecule has 2 rings (SSSR count). The second-order valence-electron chi connectivity index (χ2n) is 5.34. The molecule has 0 N–H and O–H groups in total. The van der Waals surface area contributed by atoms with Gasteiger partial charge in [-0.15, -0.1) is 0 Å². The second-order valence-corrected chi connectivity index (χ2v) is 7.15. The predicted molar refractivity (Wildman–Crippen MR) is 81.6 cm³/mol. The number of hydrogen-bond donors (Lipinski definition) is 0. The summed E-state index contributed by atoms with van der Waals surface area (Å²) in [5.74, 6) is 0.447. The van der Waals surface area contributed by atoms with Gasteiger partial charge in [0.25, 0.3) is 10.0 Å². The van der Waals surface area contributed by atoms with Gasteiger partial charge in [0.1, 0.15) is 0 Å². The lowest BCUT2D eigenvalue weighted by molar-refractivity contribution is 0.586. The molecule has 20 heavy (non-hydrogen) atoms. The van der Waals surface area contributed by atoms with Gasteiger partial charge in [-0.1, -0.05) is 26.0 Å². The average Bonchev–Trinajstić information content (AvgIpc) is 2.77. The molecular weight excluding hydrogens is 270 g/mol. The molecular formula is C16H21NO2S. The van der Waals surface area contributed by atoms with Gasteiger partial charge in [-0.3, -0.25) is 0 Å². The molecule has 0 aliphatic heterocycles. The first kappa shape index (κ1) is 14.9. The van der Waals surface area contributed by atoms with E-state index in [1.165, 1.54) is 9.54 Å². The number of aryl methyl sites for hydroxylation is 2. The van der Waals surface area contributed by atoms with E-state index in [9.17, 15) is 8.42 Å². The van der Waals surface area contributed by atoms with Crippen LogP contribution in [0, 0.1) is 13.8 Å². The van der Waals surface area contributed by atoms with E-state index in [1.807, 2.05) is 25.1 Å². The third-order valence-corrected chi connectivity index (χ3v) is 5.50. The van der Waals surface area contributed by atoms with Gasteiger partial charge in [-0.2, -0.15) is 0 Å².